The first-order valence-electron chi connectivity index (χ1n) is 7.15. The Morgan fingerprint density at radius 3 is 2.37 bits per heavy atom. The van der Waals surface area contributed by atoms with Gasteiger partial charge in [0.15, 0.2) is 0 Å². The molecule has 1 amide bonds. The molecule has 0 aliphatic rings. The predicted octanol–water partition coefficient (Wildman–Crippen LogP) is 2.45. The van der Waals surface area contributed by atoms with E-state index in [1.165, 1.54) is 11.1 Å². The highest BCUT2D eigenvalue weighted by Gasteiger charge is 2.13. The molecular weight excluding hydrogens is 236 g/mol. The van der Waals surface area contributed by atoms with Gasteiger partial charge < -0.3 is 11.1 Å². The van der Waals surface area contributed by atoms with Gasteiger partial charge in [0.1, 0.15) is 0 Å². The molecule has 1 unspecified atom stereocenters. The van der Waals surface area contributed by atoms with E-state index >= 15 is 0 Å². The molecule has 106 valence electrons. The number of hydrogen-bond acceptors (Lipinski definition) is 2. The fourth-order valence-electron chi connectivity index (χ4n) is 2.00. The van der Waals surface area contributed by atoms with E-state index in [1.54, 1.807) is 0 Å². The van der Waals surface area contributed by atoms with Gasteiger partial charge in [-0.3, -0.25) is 4.79 Å². The van der Waals surface area contributed by atoms with Crippen molar-refractivity contribution in [2.24, 2.45) is 11.7 Å². The molecule has 3 nitrogen and oxygen atoms in total. The Morgan fingerprint density at radius 1 is 1.26 bits per heavy atom. The summed E-state index contributed by atoms with van der Waals surface area (Å²) in [6.45, 7) is 7.46. The van der Waals surface area contributed by atoms with Crippen molar-refractivity contribution in [3.63, 3.8) is 0 Å². The molecule has 0 bridgehead atoms. The highest BCUT2D eigenvalue weighted by molar-refractivity contribution is 5.78. The van der Waals surface area contributed by atoms with Crippen LogP contribution in [0, 0.1) is 5.92 Å². The highest BCUT2D eigenvalue weighted by atomic mass is 16.1. The Kier molecular flexibility index (Phi) is 6.57. The normalized spacial score (nSPS) is 12.5. The molecule has 0 heterocycles. The summed E-state index contributed by atoms with van der Waals surface area (Å²) in [6, 6.07) is 8.61. The maximum atomic E-state index is 11.7. The number of benzene rings is 1. The SMILES string of the molecule is CCC(CN)C(=O)NCCc1ccc(C(C)C)cc1. The Labute approximate surface area is 116 Å². The number of hydrogen-bond donors (Lipinski definition) is 2. The molecule has 0 fully saturated rings. The van der Waals surface area contributed by atoms with Crippen molar-refractivity contribution >= 4 is 5.91 Å². The topological polar surface area (TPSA) is 55.1 Å². The van der Waals surface area contributed by atoms with Crippen molar-refractivity contribution in [3.05, 3.63) is 35.4 Å². The van der Waals surface area contributed by atoms with Gasteiger partial charge in [0.2, 0.25) is 5.91 Å². The minimum atomic E-state index is -0.0525. The lowest BCUT2D eigenvalue weighted by Crippen LogP contribution is -2.35. The molecule has 0 saturated carbocycles. The van der Waals surface area contributed by atoms with Crippen molar-refractivity contribution < 1.29 is 4.79 Å². The first-order valence-corrected chi connectivity index (χ1v) is 7.15. The number of amides is 1. The van der Waals surface area contributed by atoms with Crippen LogP contribution < -0.4 is 11.1 Å². The molecule has 0 spiro atoms. The summed E-state index contributed by atoms with van der Waals surface area (Å²) in [6.07, 6.45) is 1.66. The van der Waals surface area contributed by atoms with Gasteiger partial charge in [-0.25, -0.2) is 0 Å². The number of nitrogens with one attached hydrogen (secondary N) is 1. The van der Waals surface area contributed by atoms with Crippen molar-refractivity contribution in [3.8, 4) is 0 Å². The Morgan fingerprint density at radius 2 is 1.89 bits per heavy atom. The van der Waals surface area contributed by atoms with Gasteiger partial charge in [-0.2, -0.15) is 0 Å². The van der Waals surface area contributed by atoms with Crippen LogP contribution in [0.1, 0.15) is 44.2 Å². The van der Waals surface area contributed by atoms with Crippen LogP contribution >= 0.6 is 0 Å². The van der Waals surface area contributed by atoms with Gasteiger partial charge in [0, 0.05) is 19.0 Å². The third-order valence-electron chi connectivity index (χ3n) is 3.51. The van der Waals surface area contributed by atoms with Crippen LogP contribution in [0.3, 0.4) is 0 Å². The molecule has 0 aromatic heterocycles. The fourth-order valence-corrected chi connectivity index (χ4v) is 2.00. The summed E-state index contributed by atoms with van der Waals surface area (Å²) in [5, 5.41) is 2.95. The smallest absolute Gasteiger partial charge is 0.224 e. The van der Waals surface area contributed by atoms with Crippen LogP contribution in [0.15, 0.2) is 24.3 Å². The Balaban J connectivity index is 2.39. The van der Waals surface area contributed by atoms with E-state index < -0.39 is 0 Å². The maximum Gasteiger partial charge on any atom is 0.224 e. The van der Waals surface area contributed by atoms with Gasteiger partial charge in [0.25, 0.3) is 0 Å². The van der Waals surface area contributed by atoms with E-state index in [0.717, 1.165) is 12.8 Å². The highest BCUT2D eigenvalue weighted by Crippen LogP contribution is 2.14. The van der Waals surface area contributed by atoms with Gasteiger partial charge in [0.05, 0.1) is 0 Å². The number of carbonyl (C=O) groups excluding carboxylic acids is 1. The first-order chi connectivity index (χ1) is 9.08. The second kappa shape index (κ2) is 7.95. The molecule has 3 N–H and O–H groups in total. The summed E-state index contributed by atoms with van der Waals surface area (Å²) in [4.78, 5) is 11.7. The average molecular weight is 262 g/mol. The zero-order chi connectivity index (χ0) is 14.3. The standard InChI is InChI=1S/C16H26N2O/c1-4-14(11-17)16(19)18-10-9-13-5-7-15(8-6-13)12(2)3/h5-8,12,14H,4,9-11,17H2,1-3H3,(H,18,19). The molecule has 1 rings (SSSR count). The quantitative estimate of drug-likeness (QED) is 0.793. The van der Waals surface area contributed by atoms with E-state index in [9.17, 15) is 4.79 Å². The van der Waals surface area contributed by atoms with E-state index in [1.807, 2.05) is 6.92 Å². The van der Waals surface area contributed by atoms with Crippen molar-refractivity contribution in [1.29, 1.82) is 0 Å². The lowest BCUT2D eigenvalue weighted by Gasteiger charge is -2.12. The second-order valence-electron chi connectivity index (χ2n) is 5.28. The second-order valence-corrected chi connectivity index (χ2v) is 5.28. The molecule has 1 aromatic carbocycles. The zero-order valence-electron chi connectivity index (χ0n) is 12.3. The largest absolute Gasteiger partial charge is 0.355 e. The molecule has 0 saturated heterocycles. The number of rotatable bonds is 7. The summed E-state index contributed by atoms with van der Waals surface area (Å²) < 4.78 is 0. The predicted molar refractivity (Wildman–Crippen MR) is 80.1 cm³/mol. The molecule has 0 aliphatic heterocycles. The van der Waals surface area contributed by atoms with Gasteiger partial charge in [-0.15, -0.1) is 0 Å². The molecular formula is C16H26N2O. The van der Waals surface area contributed by atoms with Gasteiger partial charge in [-0.1, -0.05) is 45.0 Å². The van der Waals surface area contributed by atoms with Crippen LogP contribution in [0.2, 0.25) is 0 Å². The average Bonchev–Trinajstić information content (AvgIpc) is 2.40. The van der Waals surface area contributed by atoms with Crippen LogP contribution in [0.25, 0.3) is 0 Å². The Hall–Kier alpha value is -1.35. The minimum Gasteiger partial charge on any atom is -0.355 e. The van der Waals surface area contributed by atoms with Crippen LogP contribution in [-0.2, 0) is 11.2 Å². The zero-order valence-corrected chi connectivity index (χ0v) is 12.3. The molecule has 0 aliphatic carbocycles. The summed E-state index contributed by atoms with van der Waals surface area (Å²) in [7, 11) is 0. The lowest BCUT2D eigenvalue weighted by molar-refractivity contribution is -0.124. The Bertz CT molecular complexity index is 380. The number of carbonyl (C=O) groups is 1. The lowest BCUT2D eigenvalue weighted by atomic mass is 10.0. The molecule has 1 atom stereocenters. The monoisotopic (exact) mass is 262 g/mol. The van der Waals surface area contributed by atoms with E-state index in [4.69, 9.17) is 5.73 Å². The van der Waals surface area contributed by atoms with Crippen molar-refractivity contribution in [1.82, 2.24) is 5.32 Å². The van der Waals surface area contributed by atoms with Crippen molar-refractivity contribution in [2.45, 2.75) is 39.5 Å². The van der Waals surface area contributed by atoms with E-state index in [2.05, 4.69) is 43.4 Å². The fraction of sp³-hybridized carbons (Fsp3) is 0.562. The van der Waals surface area contributed by atoms with Crippen LogP contribution in [-0.4, -0.2) is 19.0 Å². The summed E-state index contributed by atoms with van der Waals surface area (Å²) in [5.74, 6) is 0.579. The van der Waals surface area contributed by atoms with E-state index in [-0.39, 0.29) is 11.8 Å². The van der Waals surface area contributed by atoms with Crippen LogP contribution in [0.4, 0.5) is 0 Å². The molecule has 19 heavy (non-hydrogen) atoms. The molecule has 3 heteroatoms. The van der Waals surface area contributed by atoms with Crippen molar-refractivity contribution in [2.75, 3.05) is 13.1 Å². The third kappa shape index (κ3) is 5.03. The number of nitrogens with two attached hydrogens (primary N) is 1. The molecule has 1 aromatic rings. The molecule has 0 radical (unpaired) electrons. The summed E-state index contributed by atoms with van der Waals surface area (Å²) >= 11 is 0. The minimum absolute atomic E-state index is 0.0525. The van der Waals surface area contributed by atoms with E-state index in [0.29, 0.717) is 19.0 Å². The third-order valence-corrected chi connectivity index (χ3v) is 3.51. The maximum absolute atomic E-state index is 11.7. The van der Waals surface area contributed by atoms with Gasteiger partial charge in [-0.05, 0) is 29.9 Å². The summed E-state index contributed by atoms with van der Waals surface area (Å²) in [5.41, 5.74) is 8.16. The van der Waals surface area contributed by atoms with Gasteiger partial charge >= 0.3 is 0 Å². The first kappa shape index (κ1) is 15.7. The van der Waals surface area contributed by atoms with Crippen LogP contribution in [0.5, 0.6) is 0 Å².